The molecule has 2 aromatic rings. The van der Waals surface area contributed by atoms with Gasteiger partial charge in [-0.15, -0.1) is 11.3 Å². The molecule has 1 N–H and O–H groups in total. The number of benzene rings is 1. The maximum atomic E-state index is 9.24. The molecule has 0 bridgehead atoms. The lowest BCUT2D eigenvalue weighted by molar-refractivity contribution is 0.284. The van der Waals surface area contributed by atoms with Gasteiger partial charge in [-0.25, -0.2) is 4.98 Å². The summed E-state index contributed by atoms with van der Waals surface area (Å²) in [6, 6.07) is 7.52. The summed E-state index contributed by atoms with van der Waals surface area (Å²) < 4.78 is 10.8. The zero-order valence-electron chi connectivity index (χ0n) is 11.8. The van der Waals surface area contributed by atoms with Gasteiger partial charge in [0.25, 0.3) is 0 Å². The second kappa shape index (κ2) is 7.26. The van der Waals surface area contributed by atoms with Crippen LogP contribution in [-0.2, 0) is 19.4 Å². The van der Waals surface area contributed by atoms with Crippen molar-refractivity contribution in [1.29, 1.82) is 0 Å². The molecule has 1 heterocycles. The molecule has 5 heteroatoms. The van der Waals surface area contributed by atoms with Crippen LogP contribution in [0.1, 0.15) is 22.5 Å². The zero-order chi connectivity index (χ0) is 14.4. The predicted octanol–water partition coefficient (Wildman–Crippen LogP) is 2.83. The quantitative estimate of drug-likeness (QED) is 0.853. The van der Waals surface area contributed by atoms with E-state index in [1.807, 2.05) is 31.2 Å². The summed E-state index contributed by atoms with van der Waals surface area (Å²) in [7, 11) is 1.64. The highest BCUT2D eigenvalue weighted by Gasteiger charge is 2.08. The molecule has 4 nitrogen and oxygen atoms in total. The molecule has 108 valence electrons. The lowest BCUT2D eigenvalue weighted by atomic mass is 10.3. The van der Waals surface area contributed by atoms with E-state index in [0.717, 1.165) is 39.9 Å². The average molecular weight is 293 g/mol. The van der Waals surface area contributed by atoms with Gasteiger partial charge in [-0.2, -0.15) is 0 Å². The van der Waals surface area contributed by atoms with Crippen LogP contribution in [0.5, 0.6) is 11.5 Å². The van der Waals surface area contributed by atoms with E-state index in [1.54, 1.807) is 18.4 Å². The Labute approximate surface area is 123 Å². The number of thiazole rings is 1. The third-order valence-corrected chi connectivity index (χ3v) is 4.09. The maximum absolute atomic E-state index is 9.24. The Morgan fingerprint density at radius 2 is 1.90 bits per heavy atom. The van der Waals surface area contributed by atoms with Crippen LogP contribution >= 0.6 is 11.3 Å². The summed E-state index contributed by atoms with van der Waals surface area (Å²) in [5.74, 6) is 1.64. The highest BCUT2D eigenvalue weighted by Crippen LogP contribution is 2.21. The first kappa shape index (κ1) is 14.8. The molecular formula is C15H19NO3S. The van der Waals surface area contributed by atoms with E-state index in [-0.39, 0.29) is 6.61 Å². The van der Waals surface area contributed by atoms with Gasteiger partial charge in [0.2, 0.25) is 0 Å². The third-order valence-electron chi connectivity index (χ3n) is 2.95. The summed E-state index contributed by atoms with van der Waals surface area (Å²) in [4.78, 5) is 5.48. The number of aryl methyl sites for hydroxylation is 1. The average Bonchev–Trinajstić information content (AvgIpc) is 2.90. The van der Waals surface area contributed by atoms with Crippen molar-refractivity contribution >= 4 is 11.3 Å². The first-order valence-electron chi connectivity index (χ1n) is 6.62. The van der Waals surface area contributed by atoms with Crippen LogP contribution in [0.3, 0.4) is 0 Å². The summed E-state index contributed by atoms with van der Waals surface area (Å²) in [5.41, 5.74) is 0.997. The van der Waals surface area contributed by atoms with Crippen molar-refractivity contribution in [1.82, 2.24) is 4.98 Å². The molecule has 0 amide bonds. The topological polar surface area (TPSA) is 51.6 Å². The Morgan fingerprint density at radius 1 is 1.20 bits per heavy atom. The fraction of sp³-hybridized carbons (Fsp3) is 0.400. The summed E-state index contributed by atoms with van der Waals surface area (Å²) in [6.45, 7) is 2.69. The molecule has 0 aliphatic rings. The van der Waals surface area contributed by atoms with E-state index in [9.17, 15) is 5.11 Å². The van der Waals surface area contributed by atoms with Gasteiger partial charge in [0, 0.05) is 6.42 Å². The SMILES string of the molecule is CCc1nc(CCOc2ccc(OC)cc2)sc1CO. The number of hydrogen-bond donors (Lipinski definition) is 1. The maximum Gasteiger partial charge on any atom is 0.119 e. The lowest BCUT2D eigenvalue weighted by Gasteiger charge is -2.05. The molecule has 0 radical (unpaired) electrons. The fourth-order valence-electron chi connectivity index (χ4n) is 1.87. The summed E-state index contributed by atoms with van der Waals surface area (Å²) in [6.07, 6.45) is 1.61. The fourth-order valence-corrected chi connectivity index (χ4v) is 2.87. The molecular weight excluding hydrogens is 274 g/mol. The number of rotatable bonds is 7. The van der Waals surface area contributed by atoms with Crippen LogP contribution in [0.2, 0.25) is 0 Å². The Hall–Kier alpha value is -1.59. The van der Waals surface area contributed by atoms with Crippen LogP contribution in [0.15, 0.2) is 24.3 Å². The van der Waals surface area contributed by atoms with Crippen LogP contribution in [0.4, 0.5) is 0 Å². The van der Waals surface area contributed by atoms with Crippen molar-refractivity contribution in [2.75, 3.05) is 13.7 Å². The second-order valence-electron chi connectivity index (χ2n) is 4.26. The Kier molecular flexibility index (Phi) is 5.38. The van der Waals surface area contributed by atoms with Crippen molar-refractivity contribution < 1.29 is 14.6 Å². The van der Waals surface area contributed by atoms with Crippen LogP contribution in [0.25, 0.3) is 0 Å². The van der Waals surface area contributed by atoms with Crippen LogP contribution in [0, 0.1) is 0 Å². The molecule has 1 aromatic heterocycles. The van der Waals surface area contributed by atoms with Gasteiger partial charge in [0.15, 0.2) is 0 Å². The number of hydrogen-bond acceptors (Lipinski definition) is 5. The molecule has 0 spiro atoms. The molecule has 0 aliphatic carbocycles. The van der Waals surface area contributed by atoms with Crippen LogP contribution < -0.4 is 9.47 Å². The van der Waals surface area contributed by atoms with E-state index in [1.165, 1.54) is 0 Å². The van der Waals surface area contributed by atoms with Gasteiger partial charge in [0.05, 0.1) is 35.9 Å². The molecule has 1 aromatic carbocycles. The lowest BCUT2D eigenvalue weighted by Crippen LogP contribution is -2.01. The highest BCUT2D eigenvalue weighted by atomic mass is 32.1. The number of aromatic nitrogens is 1. The van der Waals surface area contributed by atoms with Gasteiger partial charge in [-0.05, 0) is 30.7 Å². The van der Waals surface area contributed by atoms with Crippen molar-refractivity contribution in [2.45, 2.75) is 26.4 Å². The Balaban J connectivity index is 1.87. The smallest absolute Gasteiger partial charge is 0.119 e. The second-order valence-corrected chi connectivity index (χ2v) is 5.43. The normalized spacial score (nSPS) is 10.6. The van der Waals surface area contributed by atoms with E-state index in [0.29, 0.717) is 6.61 Å². The number of ether oxygens (including phenoxy) is 2. The predicted molar refractivity (Wildman–Crippen MR) is 79.6 cm³/mol. The first-order valence-corrected chi connectivity index (χ1v) is 7.43. The van der Waals surface area contributed by atoms with Gasteiger partial charge in [-0.3, -0.25) is 0 Å². The number of methoxy groups -OCH3 is 1. The van der Waals surface area contributed by atoms with Gasteiger partial charge < -0.3 is 14.6 Å². The first-order chi connectivity index (χ1) is 9.76. The van der Waals surface area contributed by atoms with Gasteiger partial charge >= 0.3 is 0 Å². The standard InChI is InChI=1S/C15H19NO3S/c1-3-13-14(10-17)20-15(16-13)8-9-19-12-6-4-11(18-2)5-7-12/h4-7,17H,3,8-10H2,1-2H3. The Bertz CT molecular complexity index is 515. The van der Waals surface area contributed by atoms with Crippen LogP contribution in [-0.4, -0.2) is 23.8 Å². The minimum atomic E-state index is 0.0696. The van der Waals surface area contributed by atoms with Crippen molar-refractivity contribution in [3.05, 3.63) is 39.8 Å². The van der Waals surface area contributed by atoms with E-state index >= 15 is 0 Å². The zero-order valence-corrected chi connectivity index (χ0v) is 12.6. The third kappa shape index (κ3) is 3.71. The largest absolute Gasteiger partial charge is 0.497 e. The summed E-state index contributed by atoms with van der Waals surface area (Å²) in [5, 5.41) is 10.3. The molecule has 0 saturated carbocycles. The molecule has 0 fully saturated rings. The number of aliphatic hydroxyl groups excluding tert-OH is 1. The molecule has 0 unspecified atom stereocenters. The van der Waals surface area contributed by atoms with Crippen molar-refractivity contribution in [3.8, 4) is 11.5 Å². The summed E-state index contributed by atoms with van der Waals surface area (Å²) >= 11 is 1.56. The molecule has 0 saturated heterocycles. The van der Waals surface area contributed by atoms with Crippen molar-refractivity contribution in [3.63, 3.8) is 0 Å². The molecule has 0 aliphatic heterocycles. The van der Waals surface area contributed by atoms with Crippen molar-refractivity contribution in [2.24, 2.45) is 0 Å². The number of nitrogens with zero attached hydrogens (tertiary/aromatic N) is 1. The highest BCUT2D eigenvalue weighted by molar-refractivity contribution is 7.11. The van der Waals surface area contributed by atoms with E-state index in [4.69, 9.17) is 9.47 Å². The Morgan fingerprint density at radius 3 is 2.45 bits per heavy atom. The molecule has 0 atom stereocenters. The molecule has 20 heavy (non-hydrogen) atoms. The van der Waals surface area contributed by atoms with Gasteiger partial charge in [-0.1, -0.05) is 6.92 Å². The minimum Gasteiger partial charge on any atom is -0.497 e. The van der Waals surface area contributed by atoms with E-state index in [2.05, 4.69) is 4.98 Å². The minimum absolute atomic E-state index is 0.0696. The van der Waals surface area contributed by atoms with Gasteiger partial charge in [0.1, 0.15) is 11.5 Å². The van der Waals surface area contributed by atoms with E-state index < -0.39 is 0 Å². The number of aliphatic hydroxyl groups is 1. The molecule has 2 rings (SSSR count). The monoisotopic (exact) mass is 293 g/mol.